The summed E-state index contributed by atoms with van der Waals surface area (Å²) in [5.41, 5.74) is 0. The van der Waals surface area contributed by atoms with Crippen LogP contribution < -0.4 is 4.72 Å². The molecule has 1 aromatic carbocycles. The molecule has 0 bridgehead atoms. The highest BCUT2D eigenvalue weighted by atomic mass is 79.9. The largest absolute Gasteiger partial charge is 0.264 e. The van der Waals surface area contributed by atoms with Crippen molar-refractivity contribution in [2.75, 3.05) is 4.72 Å². The van der Waals surface area contributed by atoms with Gasteiger partial charge in [-0.25, -0.2) is 13.4 Å². The van der Waals surface area contributed by atoms with Gasteiger partial charge in [0, 0.05) is 15.7 Å². The lowest BCUT2D eigenvalue weighted by atomic mass is 10.4. The highest BCUT2D eigenvalue weighted by molar-refractivity contribution is 9.10. The second kappa shape index (κ2) is 5.26. The van der Waals surface area contributed by atoms with E-state index < -0.39 is 10.0 Å². The molecule has 0 saturated carbocycles. The first-order chi connectivity index (χ1) is 8.49. The summed E-state index contributed by atoms with van der Waals surface area (Å²) in [7, 11) is -3.68. The molecule has 0 aliphatic rings. The molecule has 7 heteroatoms. The Morgan fingerprint density at radius 1 is 1.22 bits per heavy atom. The molecule has 94 valence electrons. The molecule has 18 heavy (non-hydrogen) atoms. The molecule has 0 aliphatic heterocycles. The minimum absolute atomic E-state index is 0.109. The third kappa shape index (κ3) is 3.01. The molecular weight excluding hydrogens is 340 g/mol. The van der Waals surface area contributed by atoms with Crippen molar-refractivity contribution in [3.05, 3.63) is 52.1 Å². The molecule has 0 spiro atoms. The molecule has 1 heterocycles. The number of anilines is 1. The van der Waals surface area contributed by atoms with Gasteiger partial charge in [0.2, 0.25) is 0 Å². The number of benzene rings is 1. The fourth-order valence-electron chi connectivity index (χ4n) is 1.31. The Bertz CT molecular complexity index is 662. The van der Waals surface area contributed by atoms with E-state index in [0.29, 0.717) is 9.50 Å². The lowest BCUT2D eigenvalue weighted by Crippen LogP contribution is -2.14. The van der Waals surface area contributed by atoms with Crippen molar-refractivity contribution in [2.24, 2.45) is 0 Å². The third-order valence-electron chi connectivity index (χ3n) is 2.09. The van der Waals surface area contributed by atoms with Gasteiger partial charge in [0.25, 0.3) is 10.0 Å². The summed E-state index contributed by atoms with van der Waals surface area (Å²) in [5, 5.41) is 0.457. The third-order valence-corrected chi connectivity index (χ3v) is 4.65. The topological polar surface area (TPSA) is 59.1 Å². The van der Waals surface area contributed by atoms with Crippen LogP contribution in [0.4, 0.5) is 5.82 Å². The van der Waals surface area contributed by atoms with Crippen molar-refractivity contribution in [1.82, 2.24) is 4.98 Å². The lowest BCUT2D eigenvalue weighted by Gasteiger charge is -2.08. The van der Waals surface area contributed by atoms with Gasteiger partial charge in [-0.2, -0.15) is 0 Å². The second-order valence-electron chi connectivity index (χ2n) is 3.40. The van der Waals surface area contributed by atoms with Crippen LogP contribution in [-0.2, 0) is 10.0 Å². The number of hydrogen-bond donors (Lipinski definition) is 1. The van der Waals surface area contributed by atoms with Crippen LogP contribution >= 0.6 is 27.5 Å². The van der Waals surface area contributed by atoms with E-state index in [1.807, 2.05) is 0 Å². The number of sulfonamides is 1. The highest BCUT2D eigenvalue weighted by Crippen LogP contribution is 2.26. The van der Waals surface area contributed by atoms with Gasteiger partial charge in [-0.15, -0.1) is 0 Å². The number of aromatic nitrogens is 1. The van der Waals surface area contributed by atoms with E-state index in [2.05, 4.69) is 25.6 Å². The average Bonchev–Trinajstić information content (AvgIpc) is 2.29. The van der Waals surface area contributed by atoms with Gasteiger partial charge in [-0.05, 0) is 46.3 Å². The summed E-state index contributed by atoms with van der Waals surface area (Å²) in [6.45, 7) is 0. The molecule has 1 aromatic heterocycles. The van der Waals surface area contributed by atoms with E-state index in [9.17, 15) is 8.42 Å². The van der Waals surface area contributed by atoms with E-state index in [0.717, 1.165) is 0 Å². The van der Waals surface area contributed by atoms with Crippen molar-refractivity contribution in [3.8, 4) is 0 Å². The summed E-state index contributed by atoms with van der Waals surface area (Å²) in [6.07, 6.45) is 1.51. The SMILES string of the molecule is O=S(=O)(Nc1ccccn1)c1ccc(Cl)cc1Br. The van der Waals surface area contributed by atoms with Crippen LogP contribution in [0.25, 0.3) is 0 Å². The van der Waals surface area contributed by atoms with E-state index in [1.54, 1.807) is 18.2 Å². The van der Waals surface area contributed by atoms with Gasteiger partial charge in [-0.3, -0.25) is 4.72 Å². The van der Waals surface area contributed by atoms with Crippen molar-refractivity contribution >= 4 is 43.4 Å². The van der Waals surface area contributed by atoms with Crippen LogP contribution in [0.1, 0.15) is 0 Å². The molecule has 0 saturated heterocycles. The maximum absolute atomic E-state index is 12.1. The van der Waals surface area contributed by atoms with E-state index in [4.69, 9.17) is 11.6 Å². The minimum atomic E-state index is -3.68. The van der Waals surface area contributed by atoms with Gasteiger partial charge in [0.05, 0.1) is 0 Å². The van der Waals surface area contributed by atoms with Crippen LogP contribution in [-0.4, -0.2) is 13.4 Å². The molecule has 0 radical (unpaired) electrons. The van der Waals surface area contributed by atoms with Crippen molar-refractivity contribution in [1.29, 1.82) is 0 Å². The van der Waals surface area contributed by atoms with Gasteiger partial charge in [-0.1, -0.05) is 17.7 Å². The quantitative estimate of drug-likeness (QED) is 0.927. The van der Waals surface area contributed by atoms with Crippen molar-refractivity contribution < 1.29 is 8.42 Å². The van der Waals surface area contributed by atoms with Crippen LogP contribution in [0.5, 0.6) is 0 Å². The van der Waals surface area contributed by atoms with Gasteiger partial charge >= 0.3 is 0 Å². The molecule has 4 nitrogen and oxygen atoms in total. The zero-order chi connectivity index (χ0) is 13.2. The Kier molecular flexibility index (Phi) is 3.89. The molecule has 2 aromatic rings. The first kappa shape index (κ1) is 13.3. The summed E-state index contributed by atoms with van der Waals surface area (Å²) < 4.78 is 27.0. The number of nitrogens with one attached hydrogen (secondary N) is 1. The number of pyridine rings is 1. The van der Waals surface area contributed by atoms with Gasteiger partial charge in [0.1, 0.15) is 10.7 Å². The molecule has 0 atom stereocenters. The number of halogens is 2. The summed E-state index contributed by atoms with van der Waals surface area (Å²) >= 11 is 8.94. The minimum Gasteiger partial charge on any atom is -0.263 e. The molecule has 0 aliphatic carbocycles. The Balaban J connectivity index is 2.37. The predicted molar refractivity (Wildman–Crippen MR) is 74.2 cm³/mol. The number of nitrogens with zero attached hydrogens (tertiary/aromatic N) is 1. The van der Waals surface area contributed by atoms with Gasteiger partial charge in [0.15, 0.2) is 0 Å². The van der Waals surface area contributed by atoms with Crippen LogP contribution in [0.3, 0.4) is 0 Å². The molecular formula is C11H8BrClN2O2S. The lowest BCUT2D eigenvalue weighted by molar-refractivity contribution is 0.600. The summed E-state index contributed by atoms with van der Waals surface area (Å²) in [6, 6.07) is 9.44. The monoisotopic (exact) mass is 346 g/mol. The highest BCUT2D eigenvalue weighted by Gasteiger charge is 2.18. The fourth-order valence-corrected chi connectivity index (χ4v) is 3.70. The average molecular weight is 348 g/mol. The standard InChI is InChI=1S/C11H8BrClN2O2S/c12-9-7-8(13)4-5-10(9)18(16,17)15-11-3-1-2-6-14-11/h1-7H,(H,14,15). The molecule has 2 rings (SSSR count). The van der Waals surface area contributed by atoms with Crippen LogP contribution in [0.2, 0.25) is 5.02 Å². The number of rotatable bonds is 3. The summed E-state index contributed by atoms with van der Waals surface area (Å²) in [5.74, 6) is 0.263. The molecule has 0 amide bonds. The van der Waals surface area contributed by atoms with Crippen molar-refractivity contribution in [2.45, 2.75) is 4.90 Å². The van der Waals surface area contributed by atoms with Crippen LogP contribution in [0, 0.1) is 0 Å². The molecule has 0 fully saturated rings. The number of hydrogen-bond acceptors (Lipinski definition) is 3. The maximum atomic E-state index is 12.1. The zero-order valence-corrected chi connectivity index (χ0v) is 12.1. The van der Waals surface area contributed by atoms with Crippen molar-refractivity contribution in [3.63, 3.8) is 0 Å². The van der Waals surface area contributed by atoms with E-state index in [-0.39, 0.29) is 10.7 Å². The maximum Gasteiger partial charge on any atom is 0.264 e. The fraction of sp³-hybridized carbons (Fsp3) is 0. The first-order valence-electron chi connectivity index (χ1n) is 4.88. The normalized spacial score (nSPS) is 11.2. The molecule has 0 unspecified atom stereocenters. The summed E-state index contributed by atoms with van der Waals surface area (Å²) in [4.78, 5) is 4.01. The smallest absolute Gasteiger partial charge is 0.263 e. The van der Waals surface area contributed by atoms with E-state index >= 15 is 0 Å². The second-order valence-corrected chi connectivity index (χ2v) is 6.34. The molecule has 1 N–H and O–H groups in total. The Morgan fingerprint density at radius 2 is 2.00 bits per heavy atom. The predicted octanol–water partition coefficient (Wildman–Crippen LogP) is 3.30. The van der Waals surface area contributed by atoms with E-state index in [1.165, 1.54) is 24.4 Å². The Labute approximate surface area is 118 Å². The Hall–Kier alpha value is -1.11. The van der Waals surface area contributed by atoms with Crippen LogP contribution in [0.15, 0.2) is 52.0 Å². The first-order valence-corrected chi connectivity index (χ1v) is 7.53. The zero-order valence-electron chi connectivity index (χ0n) is 8.97. The Morgan fingerprint density at radius 3 is 2.61 bits per heavy atom. The van der Waals surface area contributed by atoms with Gasteiger partial charge < -0.3 is 0 Å².